The number of piperidine rings is 1. The number of piperazine rings is 1. The summed E-state index contributed by atoms with van der Waals surface area (Å²) in [6.45, 7) is 10.2. The molecule has 30 heavy (non-hydrogen) atoms. The number of guanidine groups is 1. The van der Waals surface area contributed by atoms with Crippen LogP contribution in [-0.2, 0) is 4.79 Å². The highest BCUT2D eigenvalue weighted by Crippen LogP contribution is 2.21. The Kier molecular flexibility index (Phi) is 8.22. The lowest BCUT2D eigenvalue weighted by Gasteiger charge is -2.37. The van der Waals surface area contributed by atoms with Crippen molar-refractivity contribution in [3.8, 4) is 5.75 Å². The van der Waals surface area contributed by atoms with Gasteiger partial charge in [-0.3, -0.25) is 9.79 Å². The summed E-state index contributed by atoms with van der Waals surface area (Å²) >= 11 is 0. The molecule has 3 rings (SSSR count). The lowest BCUT2D eigenvalue weighted by molar-refractivity contribution is -0.134. The van der Waals surface area contributed by atoms with Crippen LogP contribution in [0.5, 0.6) is 5.75 Å². The van der Waals surface area contributed by atoms with Crippen molar-refractivity contribution in [1.29, 1.82) is 0 Å². The Morgan fingerprint density at radius 3 is 2.50 bits per heavy atom. The average Bonchev–Trinajstić information content (AvgIpc) is 2.79. The maximum Gasteiger partial charge on any atom is 0.224 e. The first-order valence-corrected chi connectivity index (χ1v) is 11.3. The molecule has 0 radical (unpaired) electrons. The van der Waals surface area contributed by atoms with Gasteiger partial charge < -0.3 is 24.8 Å². The second kappa shape index (κ2) is 11.1. The molecule has 2 fully saturated rings. The van der Waals surface area contributed by atoms with Gasteiger partial charge >= 0.3 is 0 Å². The smallest absolute Gasteiger partial charge is 0.224 e. The third kappa shape index (κ3) is 5.80. The van der Waals surface area contributed by atoms with Crippen LogP contribution in [0.2, 0.25) is 0 Å². The number of likely N-dealkylation sites (tertiary alicyclic amines) is 1. The number of nitrogens with zero attached hydrogens (tertiary/aromatic N) is 4. The molecule has 0 aliphatic carbocycles. The number of carbonyl (C=O) groups is 1. The summed E-state index contributed by atoms with van der Waals surface area (Å²) in [5.41, 5.74) is 1.22. The van der Waals surface area contributed by atoms with Crippen LogP contribution in [0.4, 0.5) is 5.69 Å². The second-order valence-corrected chi connectivity index (χ2v) is 8.09. The largest absolute Gasteiger partial charge is 0.497 e. The second-order valence-electron chi connectivity index (χ2n) is 8.09. The first-order valence-electron chi connectivity index (χ1n) is 11.3. The fourth-order valence-electron chi connectivity index (χ4n) is 4.26. The number of benzene rings is 1. The van der Waals surface area contributed by atoms with E-state index in [9.17, 15) is 4.79 Å². The molecule has 7 nitrogen and oxygen atoms in total. The molecule has 2 heterocycles. The summed E-state index contributed by atoms with van der Waals surface area (Å²) < 4.78 is 5.25. The van der Waals surface area contributed by atoms with Crippen LogP contribution in [0, 0.1) is 0 Å². The van der Waals surface area contributed by atoms with Crippen molar-refractivity contribution in [1.82, 2.24) is 15.1 Å². The monoisotopic (exact) mass is 415 g/mol. The van der Waals surface area contributed by atoms with Gasteiger partial charge in [0.2, 0.25) is 5.91 Å². The molecule has 1 atom stereocenters. The van der Waals surface area contributed by atoms with E-state index in [0.29, 0.717) is 19.0 Å². The van der Waals surface area contributed by atoms with E-state index in [1.54, 1.807) is 7.11 Å². The van der Waals surface area contributed by atoms with Gasteiger partial charge in [0.05, 0.1) is 13.7 Å². The van der Waals surface area contributed by atoms with Gasteiger partial charge in [-0.2, -0.15) is 0 Å². The first kappa shape index (κ1) is 22.2. The van der Waals surface area contributed by atoms with Crippen LogP contribution in [0.25, 0.3) is 0 Å². The van der Waals surface area contributed by atoms with Gasteiger partial charge in [-0.1, -0.05) is 0 Å². The number of ether oxygens (including phenoxy) is 1. The van der Waals surface area contributed by atoms with E-state index in [1.807, 2.05) is 17.0 Å². The van der Waals surface area contributed by atoms with E-state index in [-0.39, 0.29) is 5.91 Å². The van der Waals surface area contributed by atoms with Crippen molar-refractivity contribution in [3.05, 3.63) is 24.3 Å². The van der Waals surface area contributed by atoms with Crippen LogP contribution in [0.1, 0.15) is 39.5 Å². The molecule has 0 spiro atoms. The van der Waals surface area contributed by atoms with Crippen molar-refractivity contribution in [2.24, 2.45) is 4.99 Å². The highest BCUT2D eigenvalue weighted by atomic mass is 16.5. The SMILES string of the molecule is CCNC(=NCCC(=O)N1CCCCC1C)N1CCN(c2ccc(OC)cc2)CC1. The van der Waals surface area contributed by atoms with Gasteiger partial charge in [-0.25, -0.2) is 0 Å². The molecule has 1 unspecified atom stereocenters. The number of anilines is 1. The lowest BCUT2D eigenvalue weighted by atomic mass is 10.0. The number of amides is 1. The number of hydrogen-bond donors (Lipinski definition) is 1. The van der Waals surface area contributed by atoms with Crippen molar-refractivity contribution >= 4 is 17.6 Å². The van der Waals surface area contributed by atoms with Crippen LogP contribution in [0.15, 0.2) is 29.3 Å². The van der Waals surface area contributed by atoms with E-state index < -0.39 is 0 Å². The summed E-state index contributed by atoms with van der Waals surface area (Å²) in [6.07, 6.45) is 3.97. The molecule has 1 amide bonds. The molecule has 2 aliphatic heterocycles. The predicted molar refractivity (Wildman–Crippen MR) is 122 cm³/mol. The first-order chi connectivity index (χ1) is 14.6. The molecular weight excluding hydrogens is 378 g/mol. The van der Waals surface area contributed by atoms with Gasteiger partial charge in [-0.15, -0.1) is 0 Å². The summed E-state index contributed by atoms with van der Waals surface area (Å²) in [6, 6.07) is 8.61. The van der Waals surface area contributed by atoms with E-state index >= 15 is 0 Å². The fraction of sp³-hybridized carbons (Fsp3) is 0.652. The Balaban J connectivity index is 1.51. The summed E-state index contributed by atoms with van der Waals surface area (Å²) in [5, 5.41) is 3.40. The summed E-state index contributed by atoms with van der Waals surface area (Å²) in [5.74, 6) is 2.05. The minimum atomic E-state index is 0.242. The van der Waals surface area contributed by atoms with E-state index in [0.717, 1.165) is 63.8 Å². The number of nitrogens with one attached hydrogen (secondary N) is 1. The normalized spacial score (nSPS) is 20.3. The molecule has 1 aromatic carbocycles. The highest BCUT2D eigenvalue weighted by molar-refractivity contribution is 5.81. The maximum atomic E-state index is 12.6. The number of hydrogen-bond acceptors (Lipinski definition) is 4. The quantitative estimate of drug-likeness (QED) is 0.572. The van der Waals surface area contributed by atoms with Crippen molar-refractivity contribution in [2.45, 2.75) is 45.6 Å². The van der Waals surface area contributed by atoms with Crippen LogP contribution < -0.4 is 15.0 Å². The van der Waals surface area contributed by atoms with Gasteiger partial charge in [0.15, 0.2) is 5.96 Å². The number of aliphatic imine (C=N–C) groups is 1. The predicted octanol–water partition coefficient (Wildman–Crippen LogP) is 2.57. The maximum absolute atomic E-state index is 12.6. The summed E-state index contributed by atoms with van der Waals surface area (Å²) in [7, 11) is 1.69. The summed E-state index contributed by atoms with van der Waals surface area (Å²) in [4.78, 5) is 24.1. The van der Waals surface area contributed by atoms with E-state index in [2.05, 4.69) is 41.1 Å². The number of rotatable bonds is 6. The Hall–Kier alpha value is -2.44. The topological polar surface area (TPSA) is 60.4 Å². The minimum Gasteiger partial charge on any atom is -0.497 e. The molecule has 7 heteroatoms. The zero-order valence-corrected chi connectivity index (χ0v) is 18.8. The van der Waals surface area contributed by atoms with Crippen LogP contribution in [0.3, 0.4) is 0 Å². The van der Waals surface area contributed by atoms with Crippen LogP contribution in [-0.4, -0.2) is 80.6 Å². The van der Waals surface area contributed by atoms with E-state index in [1.165, 1.54) is 12.1 Å². The number of carbonyl (C=O) groups excluding carboxylic acids is 1. The molecule has 0 saturated carbocycles. The fourth-order valence-corrected chi connectivity index (χ4v) is 4.26. The van der Waals surface area contributed by atoms with E-state index in [4.69, 9.17) is 9.73 Å². The zero-order chi connectivity index (χ0) is 21.3. The van der Waals surface area contributed by atoms with Crippen molar-refractivity contribution < 1.29 is 9.53 Å². The average molecular weight is 416 g/mol. The molecule has 2 saturated heterocycles. The molecule has 0 aromatic heterocycles. The Labute approximate surface area is 181 Å². The van der Waals surface area contributed by atoms with Crippen LogP contribution >= 0.6 is 0 Å². The van der Waals surface area contributed by atoms with Gasteiger partial charge in [0, 0.05) is 57.4 Å². The molecule has 1 N–H and O–H groups in total. The third-order valence-corrected chi connectivity index (χ3v) is 6.06. The third-order valence-electron chi connectivity index (χ3n) is 6.06. The van der Waals surface area contributed by atoms with Crippen molar-refractivity contribution in [2.75, 3.05) is 57.8 Å². The molecule has 2 aliphatic rings. The lowest BCUT2D eigenvalue weighted by Crippen LogP contribution is -2.52. The molecule has 0 bridgehead atoms. The Morgan fingerprint density at radius 2 is 1.87 bits per heavy atom. The zero-order valence-electron chi connectivity index (χ0n) is 18.8. The molecular formula is C23H37N5O2. The molecule has 1 aromatic rings. The van der Waals surface area contributed by atoms with Gasteiger partial charge in [0.25, 0.3) is 0 Å². The van der Waals surface area contributed by atoms with Crippen molar-refractivity contribution in [3.63, 3.8) is 0 Å². The molecule has 166 valence electrons. The number of methoxy groups -OCH3 is 1. The standard InChI is InChI=1S/C23H37N5O2/c1-4-24-23(25-13-12-22(29)28-14-6-5-7-19(28)2)27-17-15-26(16-18-27)20-8-10-21(30-3)11-9-20/h8-11,19H,4-7,12-18H2,1-3H3,(H,24,25). The van der Waals surface area contributed by atoms with Gasteiger partial charge in [0.1, 0.15) is 5.75 Å². The Morgan fingerprint density at radius 1 is 1.13 bits per heavy atom. The Bertz CT molecular complexity index is 698. The minimum absolute atomic E-state index is 0.242. The highest BCUT2D eigenvalue weighted by Gasteiger charge is 2.23. The van der Waals surface area contributed by atoms with Gasteiger partial charge in [-0.05, 0) is 57.4 Å².